The first-order chi connectivity index (χ1) is 27.7. The number of nitrogens with zero attached hydrogens (tertiary/aromatic N) is 1. The summed E-state index contributed by atoms with van der Waals surface area (Å²) in [5, 5.41) is 6.87. The van der Waals surface area contributed by atoms with Crippen LogP contribution in [0.4, 0.5) is 17.1 Å². The van der Waals surface area contributed by atoms with Crippen molar-refractivity contribution in [1.82, 2.24) is 0 Å². The Morgan fingerprint density at radius 3 is 1.86 bits per heavy atom. The summed E-state index contributed by atoms with van der Waals surface area (Å²) in [4.78, 5) is 2.43. The van der Waals surface area contributed by atoms with Crippen LogP contribution in [0.2, 0.25) is 0 Å². The number of para-hydroxylation sites is 2. The maximum atomic E-state index is 6.65. The molecule has 2 heterocycles. The Bertz CT molecular complexity index is 3230. The summed E-state index contributed by atoms with van der Waals surface area (Å²) in [6, 6.07) is 62.7. The van der Waals surface area contributed by atoms with Crippen molar-refractivity contribution >= 4 is 73.1 Å². The minimum absolute atomic E-state index is 0.401. The van der Waals surface area contributed by atoms with Crippen LogP contribution < -0.4 is 15.3 Å². The molecule has 0 bridgehead atoms. The lowest BCUT2D eigenvalue weighted by molar-refractivity contribution is 0.668. The van der Waals surface area contributed by atoms with Gasteiger partial charge in [-0.2, -0.15) is 0 Å². The van der Waals surface area contributed by atoms with E-state index in [9.17, 15) is 0 Å². The zero-order valence-corrected chi connectivity index (χ0v) is 30.9. The lowest BCUT2D eigenvalue weighted by Gasteiger charge is -2.29. The molecule has 1 atom stereocenters. The van der Waals surface area contributed by atoms with E-state index >= 15 is 0 Å². The van der Waals surface area contributed by atoms with Crippen molar-refractivity contribution in [2.45, 2.75) is 13.3 Å². The number of rotatable bonds is 6. The first-order valence-electron chi connectivity index (χ1n) is 19.4. The van der Waals surface area contributed by atoms with E-state index in [1.807, 2.05) is 12.1 Å². The largest absolute Gasteiger partial charge is 0.456 e. The summed E-state index contributed by atoms with van der Waals surface area (Å²) in [7, 11) is 0. The molecule has 8 aromatic carbocycles. The fraction of sp³-hybridized carbons (Fsp3) is 0.0566. The molecule has 1 aliphatic carbocycles. The number of hydrogen-bond acceptors (Lipinski definition) is 3. The van der Waals surface area contributed by atoms with Gasteiger partial charge in [0, 0.05) is 27.4 Å². The van der Waals surface area contributed by atoms with Crippen molar-refractivity contribution in [3.8, 4) is 33.4 Å². The minimum atomic E-state index is 0.401. The molecule has 56 heavy (non-hydrogen) atoms. The molecule has 3 heteroatoms. The summed E-state index contributed by atoms with van der Waals surface area (Å²) in [6.07, 6.45) is 5.90. The molecular formula is C53H37NO2. The monoisotopic (exact) mass is 719 g/mol. The van der Waals surface area contributed by atoms with Gasteiger partial charge in [-0.25, -0.2) is 0 Å². The van der Waals surface area contributed by atoms with E-state index < -0.39 is 0 Å². The van der Waals surface area contributed by atoms with E-state index in [0.717, 1.165) is 72.9 Å². The molecule has 0 fully saturated rings. The molecule has 1 unspecified atom stereocenters. The van der Waals surface area contributed by atoms with Crippen LogP contribution in [-0.4, -0.2) is 0 Å². The summed E-state index contributed by atoms with van der Waals surface area (Å²) < 4.78 is 13.2. The number of benzene rings is 8. The third kappa shape index (κ3) is 5.27. The average Bonchev–Trinajstić information content (AvgIpc) is 3.82. The van der Waals surface area contributed by atoms with Crippen LogP contribution in [0.5, 0.6) is 0 Å². The lowest BCUT2D eigenvalue weighted by atomic mass is 9.88. The van der Waals surface area contributed by atoms with Crippen LogP contribution in [0.25, 0.3) is 89.4 Å². The van der Waals surface area contributed by atoms with Gasteiger partial charge in [0.1, 0.15) is 22.3 Å². The van der Waals surface area contributed by atoms with Crippen LogP contribution in [0.1, 0.15) is 13.3 Å². The molecular weight excluding hydrogens is 683 g/mol. The maximum absolute atomic E-state index is 6.65. The first-order valence-corrected chi connectivity index (χ1v) is 19.4. The molecule has 0 radical (unpaired) electrons. The molecule has 0 spiro atoms. The number of anilines is 3. The molecule has 1 aliphatic rings. The third-order valence-corrected chi connectivity index (χ3v) is 11.4. The van der Waals surface area contributed by atoms with Crippen molar-refractivity contribution in [3.05, 3.63) is 186 Å². The highest BCUT2D eigenvalue weighted by molar-refractivity contribution is 6.15. The van der Waals surface area contributed by atoms with Gasteiger partial charge in [-0.1, -0.05) is 146 Å². The van der Waals surface area contributed by atoms with Crippen molar-refractivity contribution in [1.29, 1.82) is 0 Å². The second-order valence-corrected chi connectivity index (χ2v) is 14.9. The van der Waals surface area contributed by atoms with Gasteiger partial charge in [0.25, 0.3) is 0 Å². The Labute approximate surface area is 324 Å². The van der Waals surface area contributed by atoms with Crippen LogP contribution in [0, 0.1) is 5.92 Å². The summed E-state index contributed by atoms with van der Waals surface area (Å²) in [5.41, 5.74) is 13.7. The van der Waals surface area contributed by atoms with Crippen LogP contribution >= 0.6 is 0 Å². The highest BCUT2D eigenvalue weighted by Crippen LogP contribution is 2.48. The predicted octanol–water partition coefficient (Wildman–Crippen LogP) is 13.6. The zero-order valence-electron chi connectivity index (χ0n) is 30.9. The fourth-order valence-electron chi connectivity index (χ4n) is 8.74. The Balaban J connectivity index is 1.25. The van der Waals surface area contributed by atoms with Crippen LogP contribution in [0.15, 0.2) is 185 Å². The van der Waals surface area contributed by atoms with E-state index in [1.54, 1.807) is 0 Å². The quantitative estimate of drug-likeness (QED) is 0.171. The molecule has 0 aliphatic heterocycles. The van der Waals surface area contributed by atoms with Crippen LogP contribution in [-0.2, 0) is 0 Å². The van der Waals surface area contributed by atoms with Gasteiger partial charge in [-0.3, -0.25) is 0 Å². The first kappa shape index (κ1) is 32.3. The zero-order chi connectivity index (χ0) is 37.2. The van der Waals surface area contributed by atoms with Crippen LogP contribution in [0.3, 0.4) is 0 Å². The topological polar surface area (TPSA) is 29.5 Å². The Morgan fingerprint density at radius 1 is 0.446 bits per heavy atom. The van der Waals surface area contributed by atoms with Gasteiger partial charge in [0.05, 0.1) is 16.8 Å². The molecule has 2 aromatic heterocycles. The van der Waals surface area contributed by atoms with Gasteiger partial charge < -0.3 is 13.7 Å². The van der Waals surface area contributed by atoms with Crippen molar-refractivity contribution in [2.75, 3.05) is 4.90 Å². The van der Waals surface area contributed by atoms with E-state index in [1.165, 1.54) is 38.3 Å². The van der Waals surface area contributed by atoms with Crippen molar-refractivity contribution in [3.63, 3.8) is 0 Å². The van der Waals surface area contributed by atoms with Crippen molar-refractivity contribution < 1.29 is 8.83 Å². The minimum Gasteiger partial charge on any atom is -0.456 e. The molecule has 0 saturated carbocycles. The Morgan fingerprint density at radius 2 is 1.07 bits per heavy atom. The highest BCUT2D eigenvalue weighted by Gasteiger charge is 2.25. The Hall–Kier alpha value is -7.10. The molecule has 11 rings (SSSR count). The number of furan rings is 2. The summed E-state index contributed by atoms with van der Waals surface area (Å²) in [5.74, 6) is 0.401. The number of hydrogen-bond donors (Lipinski definition) is 0. The smallest absolute Gasteiger partial charge is 0.137 e. The summed E-state index contributed by atoms with van der Waals surface area (Å²) in [6.45, 7) is 2.31. The molecule has 0 N–H and O–H groups in total. The summed E-state index contributed by atoms with van der Waals surface area (Å²) >= 11 is 0. The molecule has 266 valence electrons. The predicted molar refractivity (Wildman–Crippen MR) is 234 cm³/mol. The second-order valence-electron chi connectivity index (χ2n) is 14.9. The van der Waals surface area contributed by atoms with Gasteiger partial charge in [-0.15, -0.1) is 0 Å². The van der Waals surface area contributed by atoms with E-state index in [4.69, 9.17) is 8.83 Å². The number of fused-ring (bicyclic) bond motifs is 7. The SMILES string of the molecule is CC1C=c2c(-c3cc4oc5ccccc5c4cc3N(c3ccc(-c4ccccc4)cc3)c3cccc4oc5ccccc5c34)ccc(-c3ccccc3)c2=CC1. The standard InChI is InChI=1S/C53H37NO2/c1-34-23-28-40-39(37-15-6-3-7-16-37)29-30-41(44(40)31-34)45-33-52-46(42-17-8-10-20-49(42)56-52)32-48(45)54(38-26-24-36(25-27-38)35-13-4-2-5-14-35)47-19-12-22-51-53(47)43-18-9-11-21-50(43)55-51/h2-22,24-34H,23H2,1H3. The van der Waals surface area contributed by atoms with Crippen molar-refractivity contribution in [2.24, 2.45) is 5.92 Å². The molecule has 10 aromatic rings. The van der Waals surface area contributed by atoms with Gasteiger partial charge in [-0.05, 0) is 99.1 Å². The van der Waals surface area contributed by atoms with Gasteiger partial charge >= 0.3 is 0 Å². The second kappa shape index (κ2) is 13.0. The molecule has 0 saturated heterocycles. The lowest BCUT2D eigenvalue weighted by Crippen LogP contribution is -2.32. The van der Waals surface area contributed by atoms with Gasteiger partial charge in [0.2, 0.25) is 0 Å². The van der Waals surface area contributed by atoms with Gasteiger partial charge in [0.15, 0.2) is 0 Å². The average molecular weight is 720 g/mol. The normalized spacial score (nSPS) is 13.8. The highest BCUT2D eigenvalue weighted by atomic mass is 16.3. The maximum Gasteiger partial charge on any atom is 0.137 e. The Kier molecular flexibility index (Phi) is 7.53. The van der Waals surface area contributed by atoms with E-state index in [2.05, 4.69) is 188 Å². The molecule has 3 nitrogen and oxygen atoms in total. The third-order valence-electron chi connectivity index (χ3n) is 11.4. The molecule has 0 amide bonds. The fourth-order valence-corrected chi connectivity index (χ4v) is 8.74. The van der Waals surface area contributed by atoms with E-state index in [0.29, 0.717) is 5.92 Å². The van der Waals surface area contributed by atoms with E-state index in [-0.39, 0.29) is 0 Å².